The predicted molar refractivity (Wildman–Crippen MR) is 109 cm³/mol. The number of methoxy groups -OCH3 is 1. The zero-order valence-corrected chi connectivity index (χ0v) is 16.6. The fourth-order valence-corrected chi connectivity index (χ4v) is 4.95. The SMILES string of the molecule is CCC(C[C@@H]1C[C@@H](c2ccccc2)c2cccc(OC)c2SN1)C(C)O. The van der Waals surface area contributed by atoms with Crippen molar-refractivity contribution in [3.05, 3.63) is 59.7 Å². The molecule has 0 aliphatic carbocycles. The number of fused-ring (bicyclic) bond motifs is 1. The van der Waals surface area contributed by atoms with Gasteiger partial charge in [-0.05, 0) is 54.8 Å². The van der Waals surface area contributed by atoms with E-state index in [9.17, 15) is 5.11 Å². The van der Waals surface area contributed by atoms with E-state index in [1.807, 2.05) is 13.0 Å². The van der Waals surface area contributed by atoms with E-state index in [0.29, 0.717) is 17.9 Å². The van der Waals surface area contributed by atoms with Crippen LogP contribution < -0.4 is 9.46 Å². The Bertz CT molecular complexity index is 705. The molecule has 0 saturated carbocycles. The molecule has 2 aromatic rings. The topological polar surface area (TPSA) is 41.5 Å². The molecule has 1 aliphatic heterocycles. The van der Waals surface area contributed by atoms with Gasteiger partial charge >= 0.3 is 0 Å². The van der Waals surface area contributed by atoms with Crippen LogP contribution in [0.3, 0.4) is 0 Å². The lowest BCUT2D eigenvalue weighted by atomic mass is 9.82. The van der Waals surface area contributed by atoms with Crippen molar-refractivity contribution in [2.24, 2.45) is 5.92 Å². The standard InChI is InChI=1S/C22H29NO2S/c1-4-16(15(2)24)13-18-14-20(17-9-6-5-7-10-17)19-11-8-12-21(25-3)22(19)26-23-18/h5-12,15-16,18,20,23-24H,4,13-14H2,1-3H3/t15?,16?,18-,20+/m1/s1. The summed E-state index contributed by atoms with van der Waals surface area (Å²) < 4.78 is 9.28. The number of benzene rings is 2. The zero-order valence-electron chi connectivity index (χ0n) is 15.8. The molecule has 0 spiro atoms. The Labute approximate surface area is 161 Å². The van der Waals surface area contributed by atoms with Crippen LogP contribution in [0.5, 0.6) is 5.75 Å². The van der Waals surface area contributed by atoms with Crippen LogP contribution in [0.4, 0.5) is 0 Å². The minimum atomic E-state index is -0.276. The minimum Gasteiger partial charge on any atom is -0.496 e. The van der Waals surface area contributed by atoms with Crippen LogP contribution in [-0.2, 0) is 0 Å². The Kier molecular flexibility index (Phi) is 6.63. The van der Waals surface area contributed by atoms with Crippen molar-refractivity contribution >= 4 is 11.9 Å². The maximum absolute atomic E-state index is 10.1. The lowest BCUT2D eigenvalue weighted by Crippen LogP contribution is -2.30. The number of aliphatic hydroxyl groups excluding tert-OH is 1. The number of aliphatic hydroxyl groups is 1. The zero-order chi connectivity index (χ0) is 18.5. The molecule has 26 heavy (non-hydrogen) atoms. The van der Waals surface area contributed by atoms with Crippen molar-refractivity contribution in [1.29, 1.82) is 0 Å². The van der Waals surface area contributed by atoms with Gasteiger partial charge in [-0.25, -0.2) is 0 Å². The normalized spacial score (nSPS) is 22.2. The monoisotopic (exact) mass is 371 g/mol. The summed E-state index contributed by atoms with van der Waals surface area (Å²) in [5.74, 6) is 1.55. The molecular formula is C22H29NO2S. The second-order valence-electron chi connectivity index (χ2n) is 7.14. The molecule has 140 valence electrons. The number of ether oxygens (including phenoxy) is 1. The fourth-order valence-electron chi connectivity index (χ4n) is 3.89. The van der Waals surface area contributed by atoms with E-state index in [2.05, 4.69) is 54.1 Å². The Morgan fingerprint density at radius 1 is 1.19 bits per heavy atom. The third-order valence-electron chi connectivity index (χ3n) is 5.45. The van der Waals surface area contributed by atoms with Crippen molar-refractivity contribution in [1.82, 2.24) is 4.72 Å². The molecule has 1 heterocycles. The first-order valence-electron chi connectivity index (χ1n) is 9.46. The molecule has 0 amide bonds. The average molecular weight is 372 g/mol. The largest absolute Gasteiger partial charge is 0.496 e. The molecule has 2 N–H and O–H groups in total. The summed E-state index contributed by atoms with van der Waals surface area (Å²) in [6.45, 7) is 4.07. The molecule has 4 atom stereocenters. The molecule has 4 heteroatoms. The predicted octanol–water partition coefficient (Wildman–Crippen LogP) is 4.99. The first kappa shape index (κ1) is 19.3. The Hall–Kier alpha value is -1.49. The van der Waals surface area contributed by atoms with E-state index < -0.39 is 0 Å². The molecule has 3 nitrogen and oxygen atoms in total. The Morgan fingerprint density at radius 3 is 2.62 bits per heavy atom. The van der Waals surface area contributed by atoms with Gasteiger partial charge in [-0.3, -0.25) is 4.72 Å². The highest BCUT2D eigenvalue weighted by Crippen LogP contribution is 2.43. The lowest BCUT2D eigenvalue weighted by Gasteiger charge is -2.26. The van der Waals surface area contributed by atoms with Gasteiger partial charge < -0.3 is 9.84 Å². The fraction of sp³-hybridized carbons (Fsp3) is 0.455. The highest BCUT2D eigenvalue weighted by atomic mass is 32.2. The highest BCUT2D eigenvalue weighted by Gasteiger charge is 2.30. The summed E-state index contributed by atoms with van der Waals surface area (Å²) in [7, 11) is 1.73. The molecule has 2 unspecified atom stereocenters. The summed E-state index contributed by atoms with van der Waals surface area (Å²) in [5.41, 5.74) is 2.65. The summed E-state index contributed by atoms with van der Waals surface area (Å²) in [6.07, 6.45) is 2.70. The number of hydrogen-bond acceptors (Lipinski definition) is 4. The van der Waals surface area contributed by atoms with Gasteiger partial charge in [0.2, 0.25) is 0 Å². The number of nitrogens with one attached hydrogen (secondary N) is 1. The quantitative estimate of drug-likeness (QED) is 0.702. The molecule has 0 aromatic heterocycles. The van der Waals surface area contributed by atoms with Crippen molar-refractivity contribution < 1.29 is 9.84 Å². The second-order valence-corrected chi connectivity index (χ2v) is 7.99. The highest BCUT2D eigenvalue weighted by molar-refractivity contribution is 7.97. The van der Waals surface area contributed by atoms with Crippen LogP contribution in [0.1, 0.15) is 50.2 Å². The van der Waals surface area contributed by atoms with Crippen LogP contribution in [0.15, 0.2) is 53.4 Å². The van der Waals surface area contributed by atoms with Gasteiger partial charge in [0.05, 0.1) is 18.1 Å². The number of hydrogen-bond donors (Lipinski definition) is 2. The van der Waals surface area contributed by atoms with E-state index >= 15 is 0 Å². The molecule has 0 fully saturated rings. The third kappa shape index (κ3) is 4.25. The molecular weight excluding hydrogens is 342 g/mol. The van der Waals surface area contributed by atoms with Crippen molar-refractivity contribution in [3.8, 4) is 5.75 Å². The minimum absolute atomic E-state index is 0.276. The van der Waals surface area contributed by atoms with Crippen molar-refractivity contribution in [2.45, 2.75) is 56.1 Å². The van der Waals surface area contributed by atoms with E-state index in [-0.39, 0.29) is 6.10 Å². The van der Waals surface area contributed by atoms with E-state index in [1.54, 1.807) is 19.1 Å². The average Bonchev–Trinajstić information content (AvgIpc) is 2.86. The van der Waals surface area contributed by atoms with Gasteiger partial charge in [0.15, 0.2) is 0 Å². The second kappa shape index (κ2) is 8.94. The summed E-state index contributed by atoms with van der Waals surface area (Å²) in [6, 6.07) is 17.4. The molecule has 2 aromatic carbocycles. The lowest BCUT2D eigenvalue weighted by molar-refractivity contribution is 0.111. The van der Waals surface area contributed by atoms with Crippen LogP contribution in [0, 0.1) is 5.92 Å². The van der Waals surface area contributed by atoms with E-state index in [1.165, 1.54) is 16.0 Å². The molecule has 1 aliphatic rings. The molecule has 3 rings (SSSR count). The summed E-state index contributed by atoms with van der Waals surface area (Å²) in [5, 5.41) is 10.1. The van der Waals surface area contributed by atoms with Crippen molar-refractivity contribution in [2.75, 3.05) is 7.11 Å². The summed E-state index contributed by atoms with van der Waals surface area (Å²) in [4.78, 5) is 1.18. The van der Waals surface area contributed by atoms with Gasteiger partial charge in [0.25, 0.3) is 0 Å². The van der Waals surface area contributed by atoms with Crippen LogP contribution >= 0.6 is 11.9 Å². The first-order valence-corrected chi connectivity index (χ1v) is 10.3. The van der Waals surface area contributed by atoms with Gasteiger partial charge in [-0.2, -0.15) is 0 Å². The Balaban J connectivity index is 1.95. The van der Waals surface area contributed by atoms with Gasteiger partial charge in [-0.1, -0.05) is 55.8 Å². The molecule has 0 saturated heterocycles. The van der Waals surface area contributed by atoms with Crippen molar-refractivity contribution in [3.63, 3.8) is 0 Å². The van der Waals surface area contributed by atoms with E-state index in [0.717, 1.165) is 25.0 Å². The van der Waals surface area contributed by atoms with Gasteiger partial charge in [0, 0.05) is 12.0 Å². The van der Waals surface area contributed by atoms with Crippen LogP contribution in [-0.4, -0.2) is 24.4 Å². The molecule has 0 bridgehead atoms. The van der Waals surface area contributed by atoms with E-state index in [4.69, 9.17) is 4.74 Å². The smallest absolute Gasteiger partial charge is 0.134 e. The van der Waals surface area contributed by atoms with Gasteiger partial charge in [-0.15, -0.1) is 0 Å². The van der Waals surface area contributed by atoms with Crippen LogP contribution in [0.25, 0.3) is 0 Å². The maximum atomic E-state index is 10.1. The third-order valence-corrected chi connectivity index (χ3v) is 6.54. The maximum Gasteiger partial charge on any atom is 0.134 e. The van der Waals surface area contributed by atoms with Crippen LogP contribution in [0.2, 0.25) is 0 Å². The Morgan fingerprint density at radius 2 is 1.96 bits per heavy atom. The first-order chi connectivity index (χ1) is 12.6. The van der Waals surface area contributed by atoms with Gasteiger partial charge in [0.1, 0.15) is 5.75 Å². The summed E-state index contributed by atoms with van der Waals surface area (Å²) >= 11 is 1.67. The number of rotatable bonds is 6. The molecule has 0 radical (unpaired) electrons.